The van der Waals surface area contributed by atoms with Gasteiger partial charge in [-0.25, -0.2) is 21.6 Å². The van der Waals surface area contributed by atoms with Crippen LogP contribution in [0.25, 0.3) is 0 Å². The monoisotopic (exact) mass is 378 g/mol. The first-order valence-corrected chi connectivity index (χ1v) is 10.4. The molecule has 0 amide bonds. The third-order valence-corrected chi connectivity index (χ3v) is 7.30. The third kappa shape index (κ3) is 4.13. The number of nitrogens with one attached hydrogen (secondary N) is 1. The van der Waals surface area contributed by atoms with Crippen molar-refractivity contribution in [3.8, 4) is 0 Å². The smallest absolute Gasteiger partial charge is 0.211 e. The van der Waals surface area contributed by atoms with Crippen molar-refractivity contribution in [3.05, 3.63) is 40.8 Å². The van der Waals surface area contributed by atoms with Gasteiger partial charge in [0.1, 0.15) is 0 Å². The highest BCUT2D eigenvalue weighted by Gasteiger charge is 2.33. The van der Waals surface area contributed by atoms with Gasteiger partial charge in [-0.3, -0.25) is 0 Å². The van der Waals surface area contributed by atoms with Crippen molar-refractivity contribution in [1.29, 1.82) is 0 Å². The topological polar surface area (TPSA) is 83.6 Å². The van der Waals surface area contributed by atoms with Crippen molar-refractivity contribution in [2.75, 3.05) is 19.6 Å². The van der Waals surface area contributed by atoms with Crippen LogP contribution in [0, 0.1) is 12.8 Å². The van der Waals surface area contributed by atoms with Gasteiger partial charge in [-0.15, -0.1) is 0 Å². The molecule has 128 valence electrons. The Morgan fingerprint density at radius 3 is 2.74 bits per heavy atom. The molecule has 0 spiro atoms. The van der Waals surface area contributed by atoms with Gasteiger partial charge < -0.3 is 0 Å². The lowest BCUT2D eigenvalue weighted by Gasteiger charge is -2.18. The minimum atomic E-state index is -3.63. The van der Waals surface area contributed by atoms with Crippen LogP contribution in [-0.2, 0) is 20.0 Å². The molecule has 23 heavy (non-hydrogen) atoms. The Kier molecular flexibility index (Phi) is 5.52. The highest BCUT2D eigenvalue weighted by Crippen LogP contribution is 2.29. The lowest BCUT2D eigenvalue weighted by atomic mass is 10.1. The molecule has 1 aliphatic heterocycles. The fourth-order valence-corrected chi connectivity index (χ4v) is 5.08. The molecule has 1 saturated heterocycles. The van der Waals surface area contributed by atoms with Crippen LogP contribution in [-0.4, -0.2) is 40.8 Å². The number of hydrogen-bond acceptors (Lipinski definition) is 4. The third-order valence-electron chi connectivity index (χ3n) is 3.88. The summed E-state index contributed by atoms with van der Waals surface area (Å²) < 4.78 is 51.9. The van der Waals surface area contributed by atoms with E-state index in [-0.39, 0.29) is 23.9 Å². The van der Waals surface area contributed by atoms with E-state index < -0.39 is 20.0 Å². The molecule has 0 unspecified atom stereocenters. The molecule has 0 bridgehead atoms. The van der Waals surface area contributed by atoms with E-state index in [0.717, 1.165) is 5.41 Å². The molecule has 0 radical (unpaired) electrons. The van der Waals surface area contributed by atoms with Crippen LogP contribution >= 0.6 is 11.6 Å². The second-order valence-electron chi connectivity index (χ2n) is 5.44. The molecule has 1 heterocycles. The van der Waals surface area contributed by atoms with Gasteiger partial charge in [0.25, 0.3) is 0 Å². The van der Waals surface area contributed by atoms with Gasteiger partial charge in [0.05, 0.1) is 4.90 Å². The maximum atomic E-state index is 12.7. The van der Waals surface area contributed by atoms with E-state index in [9.17, 15) is 16.8 Å². The summed E-state index contributed by atoms with van der Waals surface area (Å²) >= 11 is 6.00. The van der Waals surface area contributed by atoms with Gasteiger partial charge in [0.15, 0.2) is 0 Å². The van der Waals surface area contributed by atoms with E-state index in [2.05, 4.69) is 11.3 Å². The Morgan fingerprint density at radius 2 is 2.09 bits per heavy atom. The van der Waals surface area contributed by atoms with Crippen LogP contribution in [0.15, 0.2) is 35.1 Å². The molecule has 0 aliphatic carbocycles. The first kappa shape index (κ1) is 18.4. The van der Waals surface area contributed by atoms with Crippen molar-refractivity contribution in [3.63, 3.8) is 0 Å². The molecular weight excluding hydrogens is 360 g/mol. The van der Waals surface area contributed by atoms with E-state index in [1.54, 1.807) is 19.1 Å². The van der Waals surface area contributed by atoms with Crippen molar-refractivity contribution in [1.82, 2.24) is 9.03 Å². The standard InChI is InChI=1S/C14H19ClN2O4S2/c1-3-22(18,19)16-9-12-7-8-17(10-12)23(20,21)14-6-4-5-13(15)11(14)2/h3-6,12,16H,1,7-10H2,2H3/t12-/m1/s1. The zero-order valence-corrected chi connectivity index (χ0v) is 15.1. The molecule has 1 aromatic carbocycles. The summed E-state index contributed by atoms with van der Waals surface area (Å²) in [6, 6.07) is 4.78. The summed E-state index contributed by atoms with van der Waals surface area (Å²) in [4.78, 5) is 0.192. The van der Waals surface area contributed by atoms with Crippen LogP contribution < -0.4 is 4.72 Å². The summed E-state index contributed by atoms with van der Waals surface area (Å²) in [5.41, 5.74) is 0.518. The Morgan fingerprint density at radius 1 is 1.39 bits per heavy atom. The minimum absolute atomic E-state index is 0.0704. The van der Waals surface area contributed by atoms with Crippen molar-refractivity contribution in [2.24, 2.45) is 5.92 Å². The second-order valence-corrected chi connectivity index (χ2v) is 9.47. The molecule has 1 N–H and O–H groups in total. The molecule has 6 nitrogen and oxygen atoms in total. The lowest BCUT2D eigenvalue weighted by Crippen LogP contribution is -2.32. The van der Waals surface area contributed by atoms with Gasteiger partial charge in [0.2, 0.25) is 20.0 Å². The lowest BCUT2D eigenvalue weighted by molar-refractivity contribution is 0.454. The fraction of sp³-hybridized carbons (Fsp3) is 0.429. The van der Waals surface area contributed by atoms with E-state index in [1.807, 2.05) is 0 Å². The number of hydrogen-bond donors (Lipinski definition) is 1. The molecule has 1 fully saturated rings. The number of benzene rings is 1. The predicted molar refractivity (Wildman–Crippen MR) is 90.2 cm³/mol. The van der Waals surface area contributed by atoms with E-state index in [1.165, 1.54) is 10.4 Å². The molecule has 9 heteroatoms. The second kappa shape index (κ2) is 6.90. The van der Waals surface area contributed by atoms with Crippen LogP contribution in [0.2, 0.25) is 5.02 Å². The van der Waals surface area contributed by atoms with Crippen LogP contribution in [0.5, 0.6) is 0 Å². The van der Waals surface area contributed by atoms with Crippen molar-refractivity contribution in [2.45, 2.75) is 18.2 Å². The molecular formula is C14H19ClN2O4S2. The Hall–Kier alpha value is -0.930. The van der Waals surface area contributed by atoms with E-state index in [4.69, 9.17) is 11.6 Å². The summed E-state index contributed by atoms with van der Waals surface area (Å²) in [7, 11) is -7.13. The minimum Gasteiger partial charge on any atom is -0.211 e. The van der Waals surface area contributed by atoms with Gasteiger partial charge in [-0.2, -0.15) is 4.31 Å². The Labute approximate surface area is 142 Å². The SMILES string of the molecule is C=CS(=O)(=O)NC[C@H]1CCN(S(=O)(=O)c2cccc(Cl)c2C)C1. The zero-order chi connectivity index (χ0) is 17.3. The van der Waals surface area contributed by atoms with E-state index in [0.29, 0.717) is 23.6 Å². The van der Waals surface area contributed by atoms with Crippen LogP contribution in [0.4, 0.5) is 0 Å². The maximum absolute atomic E-state index is 12.7. The van der Waals surface area contributed by atoms with Gasteiger partial charge >= 0.3 is 0 Å². The zero-order valence-electron chi connectivity index (χ0n) is 12.7. The van der Waals surface area contributed by atoms with E-state index >= 15 is 0 Å². The summed E-state index contributed by atoms with van der Waals surface area (Å²) in [5, 5.41) is 1.24. The molecule has 1 atom stereocenters. The summed E-state index contributed by atoms with van der Waals surface area (Å²) in [6.45, 7) is 5.70. The average Bonchev–Trinajstić information content (AvgIpc) is 2.98. The number of sulfonamides is 2. The summed E-state index contributed by atoms with van der Waals surface area (Å²) in [6.07, 6.45) is 0.596. The van der Waals surface area contributed by atoms with Gasteiger partial charge in [-0.05, 0) is 37.0 Å². The predicted octanol–water partition coefficient (Wildman–Crippen LogP) is 1.72. The average molecular weight is 379 g/mol. The van der Waals surface area contributed by atoms with Crippen LogP contribution in [0.1, 0.15) is 12.0 Å². The molecule has 1 aliphatic rings. The highest BCUT2D eigenvalue weighted by molar-refractivity contribution is 7.92. The van der Waals surface area contributed by atoms with Crippen LogP contribution in [0.3, 0.4) is 0 Å². The fourth-order valence-electron chi connectivity index (χ4n) is 2.48. The normalized spacial score (nSPS) is 19.8. The first-order valence-electron chi connectivity index (χ1n) is 7.05. The molecule has 1 aromatic rings. The summed E-state index contributed by atoms with van der Waals surface area (Å²) in [5.74, 6) is -0.0704. The Balaban J connectivity index is 2.11. The number of halogens is 1. The maximum Gasteiger partial charge on any atom is 0.243 e. The molecule has 0 saturated carbocycles. The van der Waals surface area contributed by atoms with Crippen molar-refractivity contribution < 1.29 is 16.8 Å². The number of rotatable bonds is 6. The largest absolute Gasteiger partial charge is 0.243 e. The molecule has 2 rings (SSSR count). The van der Waals surface area contributed by atoms with Gasteiger partial charge in [-0.1, -0.05) is 24.2 Å². The quantitative estimate of drug-likeness (QED) is 0.816. The highest BCUT2D eigenvalue weighted by atomic mass is 35.5. The van der Waals surface area contributed by atoms with Crippen molar-refractivity contribution >= 4 is 31.6 Å². The Bertz CT molecular complexity index is 806. The van der Waals surface area contributed by atoms with Gasteiger partial charge in [0, 0.05) is 30.1 Å². The first-order chi connectivity index (χ1) is 10.7. The number of nitrogens with zero attached hydrogens (tertiary/aromatic N) is 1. The molecule has 0 aromatic heterocycles.